The molecular formula is C16H12N2O. The minimum atomic E-state index is -0.0435. The van der Waals surface area contributed by atoms with Gasteiger partial charge in [-0.3, -0.25) is 4.79 Å². The highest BCUT2D eigenvalue weighted by Gasteiger charge is 2.33. The molecule has 0 bridgehead atoms. The van der Waals surface area contributed by atoms with Crippen LogP contribution >= 0.6 is 0 Å². The van der Waals surface area contributed by atoms with E-state index in [0.717, 1.165) is 33.5 Å². The Morgan fingerprint density at radius 3 is 2.68 bits per heavy atom. The summed E-state index contributed by atoms with van der Waals surface area (Å²) < 4.78 is 0. The van der Waals surface area contributed by atoms with E-state index in [-0.39, 0.29) is 11.9 Å². The zero-order chi connectivity index (χ0) is 13.0. The van der Waals surface area contributed by atoms with Gasteiger partial charge in [0.2, 0.25) is 0 Å². The lowest BCUT2D eigenvalue weighted by Crippen LogP contribution is -2.33. The third-order valence-electron chi connectivity index (χ3n) is 3.80. The fourth-order valence-electron chi connectivity index (χ4n) is 2.93. The highest BCUT2D eigenvalue weighted by atomic mass is 16.1. The van der Waals surface area contributed by atoms with Crippen molar-refractivity contribution in [3.8, 4) is 0 Å². The monoisotopic (exact) mass is 248 g/mol. The second kappa shape index (κ2) is 3.48. The fraction of sp³-hybridized carbons (Fsp3) is 0.0625. The first-order chi connectivity index (χ1) is 9.24. The maximum Gasteiger partial charge on any atom is 0.252 e. The average molecular weight is 248 g/mol. The van der Waals surface area contributed by atoms with E-state index in [1.807, 2.05) is 42.5 Å². The largest absolute Gasteiger partial charge is 0.399 e. The van der Waals surface area contributed by atoms with Gasteiger partial charge in [-0.2, -0.15) is 0 Å². The van der Waals surface area contributed by atoms with Crippen molar-refractivity contribution in [1.29, 1.82) is 0 Å². The fourth-order valence-corrected chi connectivity index (χ4v) is 2.93. The van der Waals surface area contributed by atoms with Crippen LogP contribution in [-0.4, -0.2) is 5.91 Å². The molecule has 1 unspecified atom stereocenters. The molecule has 1 aliphatic carbocycles. The number of nitrogens with one attached hydrogen (secondary N) is 1. The standard InChI is InChI=1S/C16H12N2O/c17-10-5-6-11-9(7-10)8-14-12-3-1-2-4-13(12)16(19)18-15(11)14/h1-8,15H,17H2,(H,18,19). The molecule has 1 aliphatic heterocycles. The Balaban J connectivity index is 1.96. The lowest BCUT2D eigenvalue weighted by Gasteiger charge is -2.25. The highest BCUT2D eigenvalue weighted by Crippen LogP contribution is 2.44. The van der Waals surface area contributed by atoms with E-state index in [9.17, 15) is 4.79 Å². The van der Waals surface area contributed by atoms with Crippen LogP contribution < -0.4 is 11.1 Å². The van der Waals surface area contributed by atoms with Gasteiger partial charge in [-0.25, -0.2) is 0 Å². The Bertz CT molecular complexity index is 746. The van der Waals surface area contributed by atoms with Gasteiger partial charge in [0, 0.05) is 11.3 Å². The first-order valence-corrected chi connectivity index (χ1v) is 6.25. The number of nitrogens with two attached hydrogens (primary N) is 1. The van der Waals surface area contributed by atoms with Crippen molar-refractivity contribution < 1.29 is 4.79 Å². The van der Waals surface area contributed by atoms with Crippen molar-refractivity contribution in [1.82, 2.24) is 5.32 Å². The molecule has 2 aromatic carbocycles. The van der Waals surface area contributed by atoms with Crippen LogP contribution in [0.1, 0.15) is 33.1 Å². The molecule has 3 nitrogen and oxygen atoms in total. The normalized spacial score (nSPS) is 19.1. The van der Waals surface area contributed by atoms with Crippen molar-refractivity contribution in [2.75, 3.05) is 5.73 Å². The van der Waals surface area contributed by atoms with E-state index in [0.29, 0.717) is 0 Å². The first kappa shape index (κ1) is 10.4. The highest BCUT2D eigenvalue weighted by molar-refractivity contribution is 6.08. The summed E-state index contributed by atoms with van der Waals surface area (Å²) in [6.45, 7) is 0. The van der Waals surface area contributed by atoms with Gasteiger partial charge in [0.1, 0.15) is 0 Å². The summed E-state index contributed by atoms with van der Waals surface area (Å²) in [5, 5.41) is 3.06. The molecule has 3 heteroatoms. The summed E-state index contributed by atoms with van der Waals surface area (Å²) >= 11 is 0. The number of carbonyl (C=O) groups is 1. The van der Waals surface area contributed by atoms with Crippen molar-refractivity contribution >= 4 is 23.2 Å². The number of nitrogen functional groups attached to an aromatic ring is 1. The van der Waals surface area contributed by atoms with E-state index >= 15 is 0 Å². The lowest BCUT2D eigenvalue weighted by atomic mass is 9.90. The summed E-state index contributed by atoms with van der Waals surface area (Å²) in [7, 11) is 0. The van der Waals surface area contributed by atoms with E-state index < -0.39 is 0 Å². The molecule has 0 radical (unpaired) electrons. The van der Waals surface area contributed by atoms with Crippen LogP contribution in [0.25, 0.3) is 11.6 Å². The second-order valence-electron chi connectivity index (χ2n) is 4.94. The van der Waals surface area contributed by atoms with Gasteiger partial charge >= 0.3 is 0 Å². The molecule has 3 N–H and O–H groups in total. The van der Waals surface area contributed by atoms with E-state index in [4.69, 9.17) is 5.73 Å². The summed E-state index contributed by atoms with van der Waals surface area (Å²) in [5.41, 5.74) is 11.7. The minimum Gasteiger partial charge on any atom is -0.399 e. The molecule has 0 saturated carbocycles. The maximum absolute atomic E-state index is 12.1. The van der Waals surface area contributed by atoms with E-state index in [1.54, 1.807) is 0 Å². The third-order valence-corrected chi connectivity index (χ3v) is 3.80. The molecule has 2 aromatic rings. The molecule has 1 amide bonds. The SMILES string of the molecule is Nc1ccc2c(c1)C=C1c3ccccc3C(=O)NC12. The van der Waals surface area contributed by atoms with E-state index in [1.165, 1.54) is 0 Å². The molecule has 0 saturated heterocycles. The summed E-state index contributed by atoms with van der Waals surface area (Å²) in [6, 6.07) is 13.5. The number of hydrogen-bond donors (Lipinski definition) is 2. The lowest BCUT2D eigenvalue weighted by molar-refractivity contribution is 0.0941. The molecule has 0 aromatic heterocycles. The first-order valence-electron chi connectivity index (χ1n) is 6.25. The Kier molecular flexibility index (Phi) is 1.90. The Labute approximate surface area is 110 Å². The zero-order valence-corrected chi connectivity index (χ0v) is 10.2. The second-order valence-corrected chi connectivity index (χ2v) is 4.94. The smallest absolute Gasteiger partial charge is 0.252 e. The predicted octanol–water partition coefficient (Wildman–Crippen LogP) is 2.61. The topological polar surface area (TPSA) is 55.1 Å². The van der Waals surface area contributed by atoms with Gasteiger partial charge < -0.3 is 11.1 Å². The maximum atomic E-state index is 12.1. The number of benzene rings is 2. The molecule has 1 heterocycles. The number of amides is 1. The van der Waals surface area contributed by atoms with Crippen LogP contribution in [0.15, 0.2) is 42.5 Å². The van der Waals surface area contributed by atoms with Crippen LogP contribution in [0, 0.1) is 0 Å². The van der Waals surface area contributed by atoms with Crippen molar-refractivity contribution in [3.05, 3.63) is 64.7 Å². The van der Waals surface area contributed by atoms with Crippen LogP contribution in [-0.2, 0) is 0 Å². The van der Waals surface area contributed by atoms with Gasteiger partial charge in [-0.15, -0.1) is 0 Å². The number of hydrogen-bond acceptors (Lipinski definition) is 2. The number of fused-ring (bicyclic) bond motifs is 5. The van der Waals surface area contributed by atoms with Crippen LogP contribution in [0.4, 0.5) is 5.69 Å². The summed E-state index contributed by atoms with van der Waals surface area (Å²) in [4.78, 5) is 12.1. The van der Waals surface area contributed by atoms with E-state index in [2.05, 4.69) is 11.4 Å². The number of anilines is 1. The Hall–Kier alpha value is -2.55. The average Bonchev–Trinajstić information content (AvgIpc) is 2.77. The minimum absolute atomic E-state index is 0.0116. The summed E-state index contributed by atoms with van der Waals surface area (Å²) in [6.07, 6.45) is 2.12. The van der Waals surface area contributed by atoms with Crippen molar-refractivity contribution in [2.45, 2.75) is 6.04 Å². The van der Waals surface area contributed by atoms with Gasteiger partial charge in [-0.05, 0) is 46.5 Å². The molecule has 2 aliphatic rings. The van der Waals surface area contributed by atoms with Crippen LogP contribution in [0.5, 0.6) is 0 Å². The number of carbonyl (C=O) groups excluding carboxylic acids is 1. The molecule has 1 atom stereocenters. The molecule has 4 rings (SSSR count). The van der Waals surface area contributed by atoms with Gasteiger partial charge in [0.05, 0.1) is 6.04 Å². The van der Waals surface area contributed by atoms with Crippen molar-refractivity contribution in [3.63, 3.8) is 0 Å². The molecule has 0 fully saturated rings. The van der Waals surface area contributed by atoms with Gasteiger partial charge in [0.25, 0.3) is 5.91 Å². The molecule has 19 heavy (non-hydrogen) atoms. The Morgan fingerprint density at radius 1 is 1.05 bits per heavy atom. The third kappa shape index (κ3) is 1.35. The molecule has 0 spiro atoms. The molecular weight excluding hydrogens is 236 g/mol. The van der Waals surface area contributed by atoms with Crippen LogP contribution in [0.2, 0.25) is 0 Å². The van der Waals surface area contributed by atoms with Crippen molar-refractivity contribution in [2.24, 2.45) is 0 Å². The zero-order valence-electron chi connectivity index (χ0n) is 10.2. The van der Waals surface area contributed by atoms with Crippen LogP contribution in [0.3, 0.4) is 0 Å². The molecule has 92 valence electrons. The quantitative estimate of drug-likeness (QED) is 0.704. The van der Waals surface area contributed by atoms with Gasteiger partial charge in [0.15, 0.2) is 0 Å². The Morgan fingerprint density at radius 2 is 1.84 bits per heavy atom. The van der Waals surface area contributed by atoms with Gasteiger partial charge in [-0.1, -0.05) is 24.3 Å². The summed E-state index contributed by atoms with van der Waals surface area (Å²) in [5.74, 6) is -0.0116. The predicted molar refractivity (Wildman–Crippen MR) is 75.4 cm³/mol. The number of rotatable bonds is 0.